The van der Waals surface area contributed by atoms with Crippen molar-refractivity contribution < 1.29 is 4.79 Å². The molecule has 1 aliphatic rings. The van der Waals surface area contributed by atoms with E-state index in [1.165, 1.54) is 5.56 Å². The van der Waals surface area contributed by atoms with Crippen LogP contribution in [0.25, 0.3) is 11.4 Å². The molecule has 1 N–H and O–H groups in total. The van der Waals surface area contributed by atoms with Crippen LogP contribution in [-0.2, 0) is 18.0 Å². The summed E-state index contributed by atoms with van der Waals surface area (Å²) in [5, 5.41) is 7.85. The summed E-state index contributed by atoms with van der Waals surface area (Å²) in [6, 6.07) is 14.2. The van der Waals surface area contributed by atoms with Crippen LogP contribution in [0, 0.1) is 4.77 Å². The lowest BCUT2D eigenvalue weighted by molar-refractivity contribution is -0.122. The third kappa shape index (κ3) is 6.13. The standard InChI is InChI=1S/C24H31N7OS/c1-2-10-26-22(32)18-28-13-15-29(16-14-28)19-31-24(33)30(17-20-6-4-3-5-7-20)23(27-31)21-8-11-25-12-9-21/h3-9,11-12H,2,10,13-19H2,1H3,(H,26,32). The number of nitrogens with one attached hydrogen (secondary N) is 1. The maximum absolute atomic E-state index is 12.0. The molecule has 0 bridgehead atoms. The fourth-order valence-corrected chi connectivity index (χ4v) is 4.21. The molecule has 0 unspecified atom stereocenters. The fourth-order valence-electron chi connectivity index (χ4n) is 3.96. The van der Waals surface area contributed by atoms with Crippen LogP contribution in [0.3, 0.4) is 0 Å². The van der Waals surface area contributed by atoms with Gasteiger partial charge in [0.15, 0.2) is 10.6 Å². The quantitative estimate of drug-likeness (QED) is 0.490. The summed E-state index contributed by atoms with van der Waals surface area (Å²) in [6.45, 7) is 8.02. The van der Waals surface area contributed by atoms with E-state index in [4.69, 9.17) is 17.3 Å². The smallest absolute Gasteiger partial charge is 0.234 e. The van der Waals surface area contributed by atoms with Gasteiger partial charge >= 0.3 is 0 Å². The Morgan fingerprint density at radius 1 is 1.03 bits per heavy atom. The maximum atomic E-state index is 12.0. The average molecular weight is 466 g/mol. The highest BCUT2D eigenvalue weighted by Crippen LogP contribution is 2.19. The van der Waals surface area contributed by atoms with Crippen molar-refractivity contribution in [3.05, 3.63) is 65.2 Å². The van der Waals surface area contributed by atoms with Gasteiger partial charge in [-0.15, -0.1) is 0 Å². The summed E-state index contributed by atoms with van der Waals surface area (Å²) in [6.07, 6.45) is 4.51. The molecule has 0 saturated carbocycles. The molecular formula is C24H31N7OS. The number of piperazine rings is 1. The fraction of sp³-hybridized carbons (Fsp3) is 0.417. The van der Waals surface area contributed by atoms with E-state index in [0.717, 1.165) is 50.5 Å². The van der Waals surface area contributed by atoms with Gasteiger partial charge in [-0.3, -0.25) is 24.1 Å². The Labute approximate surface area is 199 Å². The second kappa shape index (κ2) is 11.3. The lowest BCUT2D eigenvalue weighted by Crippen LogP contribution is -2.49. The lowest BCUT2D eigenvalue weighted by atomic mass is 10.2. The first-order valence-corrected chi connectivity index (χ1v) is 11.9. The molecule has 4 rings (SSSR count). The molecule has 3 heterocycles. The minimum atomic E-state index is 0.106. The van der Waals surface area contributed by atoms with E-state index in [1.54, 1.807) is 12.4 Å². The zero-order chi connectivity index (χ0) is 23.0. The van der Waals surface area contributed by atoms with Crippen LogP contribution in [0.2, 0.25) is 0 Å². The van der Waals surface area contributed by atoms with Crippen molar-refractivity contribution in [2.75, 3.05) is 39.3 Å². The molecule has 0 aliphatic carbocycles. The van der Waals surface area contributed by atoms with Gasteiger partial charge in [-0.1, -0.05) is 37.3 Å². The number of hydrogen-bond donors (Lipinski definition) is 1. The van der Waals surface area contributed by atoms with Gasteiger partial charge in [-0.2, -0.15) is 5.10 Å². The molecule has 3 aromatic rings. The van der Waals surface area contributed by atoms with Gasteiger partial charge < -0.3 is 5.32 Å². The molecule has 9 heteroatoms. The molecule has 33 heavy (non-hydrogen) atoms. The summed E-state index contributed by atoms with van der Waals surface area (Å²) < 4.78 is 4.71. The van der Waals surface area contributed by atoms with Crippen molar-refractivity contribution in [3.8, 4) is 11.4 Å². The highest BCUT2D eigenvalue weighted by Gasteiger charge is 2.21. The number of carbonyl (C=O) groups excluding carboxylic acids is 1. The van der Waals surface area contributed by atoms with Crippen molar-refractivity contribution in [1.29, 1.82) is 0 Å². The van der Waals surface area contributed by atoms with Gasteiger partial charge in [0, 0.05) is 50.7 Å². The zero-order valence-electron chi connectivity index (χ0n) is 19.1. The van der Waals surface area contributed by atoms with Crippen molar-refractivity contribution in [2.45, 2.75) is 26.6 Å². The molecule has 1 aromatic carbocycles. The van der Waals surface area contributed by atoms with Crippen LogP contribution in [0.5, 0.6) is 0 Å². The Morgan fingerprint density at radius 2 is 1.73 bits per heavy atom. The number of aromatic nitrogens is 4. The van der Waals surface area contributed by atoms with E-state index in [9.17, 15) is 4.79 Å². The minimum absolute atomic E-state index is 0.106. The first-order chi connectivity index (χ1) is 16.1. The molecule has 1 amide bonds. The van der Waals surface area contributed by atoms with Gasteiger partial charge in [0.1, 0.15) is 0 Å². The van der Waals surface area contributed by atoms with Gasteiger partial charge in [0.05, 0.1) is 19.8 Å². The molecule has 1 aliphatic heterocycles. The Kier molecular flexibility index (Phi) is 7.98. The summed E-state index contributed by atoms with van der Waals surface area (Å²) in [5.74, 6) is 0.951. The summed E-state index contributed by atoms with van der Waals surface area (Å²) in [7, 11) is 0. The van der Waals surface area contributed by atoms with Crippen LogP contribution >= 0.6 is 12.2 Å². The number of hydrogen-bond acceptors (Lipinski definition) is 6. The molecule has 2 aromatic heterocycles. The van der Waals surface area contributed by atoms with Crippen LogP contribution < -0.4 is 5.32 Å². The van der Waals surface area contributed by atoms with E-state index in [1.807, 2.05) is 35.0 Å². The SMILES string of the molecule is CCCNC(=O)CN1CCN(Cn2nc(-c3ccncc3)n(Cc3ccccc3)c2=S)CC1. The first-order valence-electron chi connectivity index (χ1n) is 11.5. The average Bonchev–Trinajstić information content (AvgIpc) is 3.15. The highest BCUT2D eigenvalue weighted by atomic mass is 32.1. The third-order valence-corrected chi connectivity index (χ3v) is 6.21. The largest absolute Gasteiger partial charge is 0.355 e. The Bertz CT molecular complexity index is 1090. The van der Waals surface area contributed by atoms with E-state index >= 15 is 0 Å². The molecule has 1 saturated heterocycles. The number of amides is 1. The second-order valence-electron chi connectivity index (χ2n) is 8.30. The second-order valence-corrected chi connectivity index (χ2v) is 8.66. The Balaban J connectivity index is 1.46. The Morgan fingerprint density at radius 3 is 2.42 bits per heavy atom. The predicted octanol–water partition coefficient (Wildman–Crippen LogP) is 2.63. The third-order valence-electron chi connectivity index (χ3n) is 5.78. The van der Waals surface area contributed by atoms with Crippen LogP contribution in [0.4, 0.5) is 0 Å². The highest BCUT2D eigenvalue weighted by molar-refractivity contribution is 7.71. The molecule has 0 radical (unpaired) electrons. The van der Waals surface area contributed by atoms with Crippen LogP contribution in [0.1, 0.15) is 18.9 Å². The molecule has 174 valence electrons. The molecule has 1 fully saturated rings. The Hall–Kier alpha value is -2.88. The lowest BCUT2D eigenvalue weighted by Gasteiger charge is -2.33. The van der Waals surface area contributed by atoms with Crippen molar-refractivity contribution in [1.82, 2.24) is 34.4 Å². The molecule has 0 atom stereocenters. The number of nitrogens with zero attached hydrogens (tertiary/aromatic N) is 6. The van der Waals surface area contributed by atoms with E-state index in [0.29, 0.717) is 24.5 Å². The summed E-state index contributed by atoms with van der Waals surface area (Å²) in [5.41, 5.74) is 2.17. The predicted molar refractivity (Wildman–Crippen MR) is 131 cm³/mol. The van der Waals surface area contributed by atoms with Crippen LogP contribution in [0.15, 0.2) is 54.9 Å². The van der Waals surface area contributed by atoms with Gasteiger partial charge in [-0.05, 0) is 36.3 Å². The topological polar surface area (TPSA) is 71.2 Å². The van der Waals surface area contributed by atoms with E-state index < -0.39 is 0 Å². The molecule has 0 spiro atoms. The normalized spacial score (nSPS) is 14.9. The number of rotatable bonds is 9. The van der Waals surface area contributed by atoms with Crippen LogP contribution in [-0.4, -0.2) is 74.3 Å². The van der Waals surface area contributed by atoms with Gasteiger partial charge in [-0.25, -0.2) is 4.68 Å². The van der Waals surface area contributed by atoms with Gasteiger partial charge in [0.25, 0.3) is 0 Å². The number of carbonyl (C=O) groups is 1. The van der Waals surface area contributed by atoms with Crippen molar-refractivity contribution >= 4 is 18.1 Å². The number of benzene rings is 1. The maximum Gasteiger partial charge on any atom is 0.234 e. The monoisotopic (exact) mass is 465 g/mol. The van der Waals surface area contributed by atoms with Gasteiger partial charge in [0.2, 0.25) is 5.91 Å². The summed E-state index contributed by atoms with van der Waals surface area (Å²) in [4.78, 5) is 20.7. The van der Waals surface area contributed by atoms with E-state index in [-0.39, 0.29) is 5.91 Å². The van der Waals surface area contributed by atoms with Crippen molar-refractivity contribution in [2.24, 2.45) is 0 Å². The molecule has 8 nitrogen and oxygen atoms in total. The van der Waals surface area contributed by atoms with E-state index in [2.05, 4.69) is 43.7 Å². The zero-order valence-corrected chi connectivity index (χ0v) is 19.9. The first kappa shape index (κ1) is 23.3. The minimum Gasteiger partial charge on any atom is -0.355 e. The molecular weight excluding hydrogens is 434 g/mol. The summed E-state index contributed by atoms with van der Waals surface area (Å²) >= 11 is 5.86. The number of pyridine rings is 1. The van der Waals surface area contributed by atoms with Crippen molar-refractivity contribution in [3.63, 3.8) is 0 Å².